The third-order valence-electron chi connectivity index (χ3n) is 4.11. The largest absolute Gasteiger partial charge is 0.338 e. The van der Waals surface area contributed by atoms with E-state index in [-0.39, 0.29) is 12.4 Å². The minimum absolute atomic E-state index is 0. The molecule has 1 aliphatic rings. The minimum atomic E-state index is 0. The lowest BCUT2D eigenvalue weighted by atomic mass is 10.1. The van der Waals surface area contributed by atoms with Crippen LogP contribution in [-0.4, -0.2) is 48.1 Å². The van der Waals surface area contributed by atoms with Gasteiger partial charge in [-0.3, -0.25) is 0 Å². The van der Waals surface area contributed by atoms with Gasteiger partial charge in [0.1, 0.15) is 0 Å². The van der Waals surface area contributed by atoms with Gasteiger partial charge in [0.15, 0.2) is 0 Å². The topological polar surface area (TPSA) is 58.3 Å². The molecule has 0 saturated carbocycles. The standard InChI is InChI=1S/C17H23N5.ClH/c1-13-3-5-14(6-4-13)16-11-15(12-18)19-17(20-16)22-9-7-21(2)8-10-22;/h3-6,11H,7-10,12,18H2,1-2H3;1H. The maximum atomic E-state index is 5.82. The van der Waals surface area contributed by atoms with E-state index in [9.17, 15) is 0 Å². The van der Waals surface area contributed by atoms with E-state index in [0.29, 0.717) is 6.54 Å². The van der Waals surface area contributed by atoms with E-state index in [0.717, 1.165) is 49.1 Å². The van der Waals surface area contributed by atoms with Crippen molar-refractivity contribution in [3.63, 3.8) is 0 Å². The molecule has 0 atom stereocenters. The van der Waals surface area contributed by atoms with Gasteiger partial charge < -0.3 is 15.5 Å². The van der Waals surface area contributed by atoms with Crippen LogP contribution in [0.2, 0.25) is 0 Å². The van der Waals surface area contributed by atoms with Crippen molar-refractivity contribution in [1.82, 2.24) is 14.9 Å². The van der Waals surface area contributed by atoms with Crippen LogP contribution in [0.3, 0.4) is 0 Å². The first-order valence-corrected chi connectivity index (χ1v) is 7.74. The zero-order valence-corrected chi connectivity index (χ0v) is 14.5. The Morgan fingerprint density at radius 1 is 1.04 bits per heavy atom. The van der Waals surface area contributed by atoms with Gasteiger partial charge in [0.25, 0.3) is 0 Å². The van der Waals surface area contributed by atoms with E-state index in [1.807, 2.05) is 6.07 Å². The van der Waals surface area contributed by atoms with E-state index >= 15 is 0 Å². The van der Waals surface area contributed by atoms with Crippen LogP contribution in [0.1, 0.15) is 11.3 Å². The van der Waals surface area contributed by atoms with Crippen LogP contribution in [-0.2, 0) is 6.54 Å². The summed E-state index contributed by atoms with van der Waals surface area (Å²) in [5.41, 5.74) is 10.0. The summed E-state index contributed by atoms with van der Waals surface area (Å²) in [5, 5.41) is 0. The van der Waals surface area contributed by atoms with Crippen LogP contribution < -0.4 is 10.6 Å². The second kappa shape index (κ2) is 7.73. The summed E-state index contributed by atoms with van der Waals surface area (Å²) in [6, 6.07) is 10.4. The summed E-state index contributed by atoms with van der Waals surface area (Å²) < 4.78 is 0. The molecule has 1 aromatic carbocycles. The number of hydrogen-bond acceptors (Lipinski definition) is 5. The molecule has 0 amide bonds. The highest BCUT2D eigenvalue weighted by atomic mass is 35.5. The van der Waals surface area contributed by atoms with Gasteiger partial charge in [-0.1, -0.05) is 29.8 Å². The predicted molar refractivity (Wildman–Crippen MR) is 97.1 cm³/mol. The Bertz CT molecular complexity index is 636. The maximum Gasteiger partial charge on any atom is 0.226 e. The summed E-state index contributed by atoms with van der Waals surface area (Å²) in [7, 11) is 2.15. The first-order chi connectivity index (χ1) is 10.7. The maximum absolute atomic E-state index is 5.82. The molecule has 0 bridgehead atoms. The highest BCUT2D eigenvalue weighted by Crippen LogP contribution is 2.22. The van der Waals surface area contributed by atoms with E-state index in [1.165, 1.54) is 5.56 Å². The first kappa shape index (κ1) is 17.7. The number of nitrogens with zero attached hydrogens (tertiary/aromatic N) is 4. The SMILES string of the molecule is Cc1ccc(-c2cc(CN)nc(N3CCN(C)CC3)n2)cc1.Cl. The quantitative estimate of drug-likeness (QED) is 0.932. The number of anilines is 1. The number of nitrogens with two attached hydrogens (primary N) is 1. The zero-order valence-electron chi connectivity index (χ0n) is 13.7. The molecule has 124 valence electrons. The molecule has 1 aromatic heterocycles. The molecule has 2 aromatic rings. The van der Waals surface area contributed by atoms with Crippen molar-refractivity contribution in [2.24, 2.45) is 5.73 Å². The molecule has 1 fully saturated rings. The number of halogens is 1. The predicted octanol–water partition coefficient (Wildman–Crippen LogP) is 2.08. The number of likely N-dealkylation sites (N-methyl/N-ethyl adjacent to an activating group) is 1. The molecule has 6 heteroatoms. The molecule has 2 heterocycles. The van der Waals surface area contributed by atoms with Gasteiger partial charge in [0.2, 0.25) is 5.95 Å². The van der Waals surface area contributed by atoms with Crippen molar-refractivity contribution in [1.29, 1.82) is 0 Å². The molecule has 0 radical (unpaired) electrons. The van der Waals surface area contributed by atoms with Crippen LogP contribution >= 0.6 is 12.4 Å². The number of rotatable bonds is 3. The van der Waals surface area contributed by atoms with Gasteiger partial charge >= 0.3 is 0 Å². The second-order valence-corrected chi connectivity index (χ2v) is 5.90. The number of hydrogen-bond donors (Lipinski definition) is 1. The molecule has 0 aliphatic carbocycles. The van der Waals surface area contributed by atoms with E-state index in [2.05, 4.69) is 53.0 Å². The summed E-state index contributed by atoms with van der Waals surface area (Å²) in [5.74, 6) is 0.798. The van der Waals surface area contributed by atoms with Crippen molar-refractivity contribution < 1.29 is 0 Å². The van der Waals surface area contributed by atoms with Crippen LogP contribution in [0, 0.1) is 6.92 Å². The fourth-order valence-corrected chi connectivity index (χ4v) is 2.61. The molecule has 1 aliphatic heterocycles. The monoisotopic (exact) mass is 333 g/mol. The van der Waals surface area contributed by atoms with Gasteiger partial charge in [0, 0.05) is 38.3 Å². The Morgan fingerprint density at radius 3 is 2.30 bits per heavy atom. The third-order valence-corrected chi connectivity index (χ3v) is 4.11. The van der Waals surface area contributed by atoms with Crippen molar-refractivity contribution in [2.45, 2.75) is 13.5 Å². The van der Waals surface area contributed by atoms with Gasteiger partial charge in [-0.15, -0.1) is 12.4 Å². The van der Waals surface area contributed by atoms with Crippen LogP contribution in [0.25, 0.3) is 11.3 Å². The highest BCUT2D eigenvalue weighted by Gasteiger charge is 2.18. The van der Waals surface area contributed by atoms with E-state index < -0.39 is 0 Å². The Kier molecular flexibility index (Phi) is 5.93. The van der Waals surface area contributed by atoms with Crippen molar-refractivity contribution in [3.8, 4) is 11.3 Å². The van der Waals surface area contributed by atoms with Crippen molar-refractivity contribution >= 4 is 18.4 Å². The zero-order chi connectivity index (χ0) is 15.5. The normalized spacial score (nSPS) is 15.3. The molecule has 5 nitrogen and oxygen atoms in total. The summed E-state index contributed by atoms with van der Waals surface area (Å²) in [6.45, 7) is 6.51. The molecule has 0 spiro atoms. The smallest absolute Gasteiger partial charge is 0.226 e. The van der Waals surface area contributed by atoms with Gasteiger partial charge in [-0.05, 0) is 20.0 Å². The van der Waals surface area contributed by atoms with Gasteiger partial charge in [-0.25, -0.2) is 9.97 Å². The summed E-state index contributed by atoms with van der Waals surface area (Å²) in [4.78, 5) is 14.0. The molecule has 3 rings (SSSR count). The Labute approximate surface area is 143 Å². The number of piperazine rings is 1. The average Bonchev–Trinajstić information content (AvgIpc) is 2.55. The van der Waals surface area contributed by atoms with Crippen molar-refractivity contribution in [3.05, 3.63) is 41.6 Å². The molecular formula is C17H24ClN5. The van der Waals surface area contributed by atoms with Gasteiger partial charge in [-0.2, -0.15) is 0 Å². The second-order valence-electron chi connectivity index (χ2n) is 5.90. The molecule has 23 heavy (non-hydrogen) atoms. The number of benzene rings is 1. The Morgan fingerprint density at radius 2 is 1.70 bits per heavy atom. The fraction of sp³-hybridized carbons (Fsp3) is 0.412. The minimum Gasteiger partial charge on any atom is -0.338 e. The number of aryl methyl sites for hydroxylation is 1. The number of aromatic nitrogens is 2. The molecule has 2 N–H and O–H groups in total. The Balaban J connectivity index is 0.00000192. The van der Waals surface area contributed by atoms with Crippen molar-refractivity contribution in [2.75, 3.05) is 38.1 Å². The average molecular weight is 334 g/mol. The summed E-state index contributed by atoms with van der Waals surface area (Å²) >= 11 is 0. The lowest BCUT2D eigenvalue weighted by molar-refractivity contribution is 0.311. The Hall–Kier alpha value is -1.69. The fourth-order valence-electron chi connectivity index (χ4n) is 2.61. The molecule has 0 unspecified atom stereocenters. The lowest BCUT2D eigenvalue weighted by Crippen LogP contribution is -2.45. The van der Waals surface area contributed by atoms with Crippen LogP contribution in [0.15, 0.2) is 30.3 Å². The van der Waals surface area contributed by atoms with E-state index in [1.54, 1.807) is 0 Å². The summed E-state index contributed by atoms with van der Waals surface area (Å²) in [6.07, 6.45) is 0. The lowest BCUT2D eigenvalue weighted by Gasteiger charge is -2.32. The third kappa shape index (κ3) is 4.19. The highest BCUT2D eigenvalue weighted by molar-refractivity contribution is 5.85. The van der Waals surface area contributed by atoms with Crippen LogP contribution in [0.5, 0.6) is 0 Å². The van der Waals surface area contributed by atoms with Crippen LogP contribution in [0.4, 0.5) is 5.95 Å². The van der Waals surface area contributed by atoms with Gasteiger partial charge in [0.05, 0.1) is 11.4 Å². The first-order valence-electron chi connectivity index (χ1n) is 7.74. The molecule has 1 saturated heterocycles. The van der Waals surface area contributed by atoms with E-state index in [4.69, 9.17) is 10.7 Å². The molecular weight excluding hydrogens is 310 g/mol.